The molecule has 3 aromatic heterocycles. The summed E-state index contributed by atoms with van der Waals surface area (Å²) in [5.74, 6) is 1.43. The van der Waals surface area contributed by atoms with Gasteiger partial charge in [-0.1, -0.05) is 30.3 Å². The molecule has 3 heterocycles. The Kier molecular flexibility index (Phi) is 6.54. The van der Waals surface area contributed by atoms with Gasteiger partial charge in [0.2, 0.25) is 5.69 Å². The number of aromatic nitrogens is 5. The minimum Gasteiger partial charge on any atom is -0.376 e. The maximum absolute atomic E-state index is 14.3. The Morgan fingerprint density at radius 3 is 2.55 bits per heavy atom. The lowest BCUT2D eigenvalue weighted by molar-refractivity contribution is 0.730. The fourth-order valence-corrected chi connectivity index (χ4v) is 4.35. The number of para-hydroxylation sites is 1. The second-order valence-electron chi connectivity index (χ2n) is 9.10. The number of nitrogens with one attached hydrogen (secondary N) is 1. The minimum atomic E-state index is -0.454. The van der Waals surface area contributed by atoms with Crippen LogP contribution in [0.15, 0.2) is 78.0 Å². The van der Waals surface area contributed by atoms with Crippen molar-refractivity contribution in [3.63, 3.8) is 0 Å². The molecule has 188 valence electrons. The van der Waals surface area contributed by atoms with Crippen LogP contribution in [0.4, 0.5) is 17.2 Å². The molecular formula is C29H26N8O. The number of pyridine rings is 1. The van der Waals surface area contributed by atoms with Crippen LogP contribution in [0.1, 0.15) is 24.6 Å². The lowest BCUT2D eigenvalue weighted by Gasteiger charge is -2.21. The van der Waals surface area contributed by atoms with E-state index >= 15 is 0 Å². The number of nitrogens with zero attached hydrogens (tertiary/aromatic N) is 7. The van der Waals surface area contributed by atoms with E-state index in [-0.39, 0.29) is 5.56 Å². The van der Waals surface area contributed by atoms with Crippen molar-refractivity contribution in [2.75, 3.05) is 24.3 Å². The summed E-state index contributed by atoms with van der Waals surface area (Å²) in [6, 6.07) is 16.6. The highest BCUT2D eigenvalue weighted by atomic mass is 16.1. The molecule has 0 radical (unpaired) electrons. The van der Waals surface area contributed by atoms with Gasteiger partial charge in [-0.25, -0.2) is 14.8 Å². The molecule has 38 heavy (non-hydrogen) atoms. The fourth-order valence-electron chi connectivity index (χ4n) is 4.35. The summed E-state index contributed by atoms with van der Waals surface area (Å²) in [5, 5.41) is 3.79. The number of hydrogen-bond donors (Lipinski definition) is 1. The molecule has 0 saturated heterocycles. The SMILES string of the molecule is [C-]#[N+]c1cnc(C)nc1N[C@@H](C)c1nc2cccc(-c3cncc(N(C)C)c3)c2c(=O)n1-c1ccccc1. The van der Waals surface area contributed by atoms with Crippen molar-refractivity contribution in [3.8, 4) is 16.8 Å². The van der Waals surface area contributed by atoms with Crippen LogP contribution in [0, 0.1) is 13.5 Å². The molecule has 9 nitrogen and oxygen atoms in total. The zero-order valence-corrected chi connectivity index (χ0v) is 21.5. The van der Waals surface area contributed by atoms with Crippen LogP contribution in [0.3, 0.4) is 0 Å². The Morgan fingerprint density at radius 1 is 1.03 bits per heavy atom. The summed E-state index contributed by atoms with van der Waals surface area (Å²) in [6.07, 6.45) is 5.03. The molecule has 0 aliphatic carbocycles. The number of anilines is 2. The highest BCUT2D eigenvalue weighted by molar-refractivity contribution is 5.94. The van der Waals surface area contributed by atoms with E-state index in [9.17, 15) is 4.79 Å². The quantitative estimate of drug-likeness (QED) is 0.314. The molecule has 5 aromatic rings. The van der Waals surface area contributed by atoms with Crippen molar-refractivity contribution in [2.45, 2.75) is 19.9 Å². The monoisotopic (exact) mass is 502 g/mol. The zero-order valence-electron chi connectivity index (χ0n) is 21.5. The van der Waals surface area contributed by atoms with Crippen molar-refractivity contribution >= 4 is 28.1 Å². The number of rotatable bonds is 6. The van der Waals surface area contributed by atoms with E-state index < -0.39 is 6.04 Å². The number of fused-ring (bicyclic) bond motifs is 1. The van der Waals surface area contributed by atoms with E-state index in [0.29, 0.717) is 39.7 Å². The second kappa shape index (κ2) is 10.1. The second-order valence-corrected chi connectivity index (χ2v) is 9.10. The summed E-state index contributed by atoms with van der Waals surface area (Å²) in [5.41, 5.74) is 3.89. The third-order valence-corrected chi connectivity index (χ3v) is 6.24. The first-order chi connectivity index (χ1) is 18.4. The molecule has 0 aliphatic heterocycles. The largest absolute Gasteiger partial charge is 0.376 e. The predicted octanol–water partition coefficient (Wildman–Crippen LogP) is 5.34. The highest BCUT2D eigenvalue weighted by Crippen LogP contribution is 2.30. The third kappa shape index (κ3) is 4.55. The lowest BCUT2D eigenvalue weighted by Crippen LogP contribution is -2.27. The van der Waals surface area contributed by atoms with Gasteiger partial charge < -0.3 is 10.2 Å². The van der Waals surface area contributed by atoms with Crippen molar-refractivity contribution in [3.05, 3.63) is 107 Å². The zero-order chi connectivity index (χ0) is 26.8. The summed E-state index contributed by atoms with van der Waals surface area (Å²) >= 11 is 0. The van der Waals surface area contributed by atoms with Crippen LogP contribution in [-0.4, -0.2) is 38.6 Å². The van der Waals surface area contributed by atoms with Gasteiger partial charge in [0.15, 0.2) is 0 Å². The molecule has 0 spiro atoms. The first-order valence-corrected chi connectivity index (χ1v) is 12.1. The van der Waals surface area contributed by atoms with Gasteiger partial charge >= 0.3 is 0 Å². The van der Waals surface area contributed by atoms with Gasteiger partial charge in [0.1, 0.15) is 17.5 Å². The molecule has 0 bridgehead atoms. The molecule has 1 atom stereocenters. The average molecular weight is 503 g/mol. The first-order valence-electron chi connectivity index (χ1n) is 12.1. The molecule has 2 aromatic carbocycles. The van der Waals surface area contributed by atoms with Gasteiger partial charge in [-0.3, -0.25) is 19.3 Å². The minimum absolute atomic E-state index is 0.194. The number of hydrogen-bond acceptors (Lipinski definition) is 7. The molecule has 1 N–H and O–H groups in total. The molecule has 0 amide bonds. The lowest BCUT2D eigenvalue weighted by atomic mass is 10.0. The Balaban J connectivity index is 1.74. The fraction of sp³-hybridized carbons (Fsp3) is 0.172. The van der Waals surface area contributed by atoms with E-state index in [1.54, 1.807) is 23.9 Å². The van der Waals surface area contributed by atoms with Gasteiger partial charge in [-0.15, -0.1) is 0 Å². The van der Waals surface area contributed by atoms with Crippen molar-refractivity contribution < 1.29 is 0 Å². The maximum Gasteiger partial charge on any atom is 0.266 e. The topological polar surface area (TPSA) is 93.2 Å². The van der Waals surface area contributed by atoms with Gasteiger partial charge in [-0.05, 0) is 43.7 Å². The van der Waals surface area contributed by atoms with Crippen LogP contribution >= 0.6 is 0 Å². The van der Waals surface area contributed by atoms with Crippen LogP contribution in [0.2, 0.25) is 0 Å². The Bertz CT molecular complexity index is 1740. The van der Waals surface area contributed by atoms with Gasteiger partial charge in [-0.2, -0.15) is 0 Å². The highest BCUT2D eigenvalue weighted by Gasteiger charge is 2.21. The summed E-state index contributed by atoms with van der Waals surface area (Å²) < 4.78 is 1.62. The molecule has 0 unspecified atom stereocenters. The molecule has 0 saturated carbocycles. The smallest absolute Gasteiger partial charge is 0.266 e. The molecule has 9 heteroatoms. The molecular weight excluding hydrogens is 476 g/mol. The van der Waals surface area contributed by atoms with Crippen molar-refractivity contribution in [2.24, 2.45) is 0 Å². The van der Waals surface area contributed by atoms with Crippen LogP contribution in [-0.2, 0) is 0 Å². The standard InChI is InChI=1S/C29H26N8O/c1-18(33-27-25(30-3)17-32-19(2)34-27)28-35-24-13-9-12-23(20-14-22(36(4)5)16-31-15-20)26(24)29(38)37(28)21-10-7-6-8-11-21/h6-18H,1-2,4-5H3,(H,32,33,34)/t18-/m0/s1. The molecule has 0 aliphatic rings. The van der Waals surface area contributed by atoms with Crippen LogP contribution < -0.4 is 15.8 Å². The van der Waals surface area contributed by atoms with E-state index in [2.05, 4.69) is 25.1 Å². The summed E-state index contributed by atoms with van der Waals surface area (Å²) in [6.45, 7) is 11.2. The first kappa shape index (κ1) is 24.6. The maximum atomic E-state index is 14.3. The van der Waals surface area contributed by atoms with Crippen LogP contribution in [0.5, 0.6) is 0 Å². The van der Waals surface area contributed by atoms with Crippen LogP contribution in [0.25, 0.3) is 32.6 Å². The van der Waals surface area contributed by atoms with E-state index in [1.807, 2.05) is 80.5 Å². The summed E-state index contributed by atoms with van der Waals surface area (Å²) in [7, 11) is 3.90. The Morgan fingerprint density at radius 2 is 1.82 bits per heavy atom. The van der Waals surface area contributed by atoms with E-state index in [0.717, 1.165) is 16.8 Å². The van der Waals surface area contributed by atoms with E-state index in [1.165, 1.54) is 6.20 Å². The molecule has 5 rings (SSSR count). The van der Waals surface area contributed by atoms with Gasteiger partial charge in [0.25, 0.3) is 5.56 Å². The predicted molar refractivity (Wildman–Crippen MR) is 150 cm³/mol. The normalized spacial score (nSPS) is 11.7. The summed E-state index contributed by atoms with van der Waals surface area (Å²) in [4.78, 5) is 37.7. The third-order valence-electron chi connectivity index (χ3n) is 6.24. The van der Waals surface area contributed by atoms with Gasteiger partial charge in [0, 0.05) is 32.1 Å². The van der Waals surface area contributed by atoms with Gasteiger partial charge in [0.05, 0.1) is 41.1 Å². The van der Waals surface area contributed by atoms with Crippen molar-refractivity contribution in [1.29, 1.82) is 0 Å². The number of benzene rings is 2. The van der Waals surface area contributed by atoms with Crippen molar-refractivity contribution in [1.82, 2.24) is 24.5 Å². The number of aryl methyl sites for hydroxylation is 1. The Hall–Kier alpha value is -5.10. The molecule has 0 fully saturated rings. The Labute approximate surface area is 220 Å². The van der Waals surface area contributed by atoms with E-state index in [4.69, 9.17) is 11.6 Å². The average Bonchev–Trinajstić information content (AvgIpc) is 2.93.